The molecule has 1 aromatic heterocycles. The van der Waals surface area contributed by atoms with Crippen molar-refractivity contribution in [2.75, 3.05) is 13.7 Å². The number of benzene rings is 1. The molecule has 9 heteroatoms. The standard InChI is InChI=1S/C19H21FN2O6/c1-11(28-14-6-4-13(20)5-7-14)10-27-19(25)12(2)22-18(24)16-17(23)15(26-3)8-9-21-16/h4-9,11-12,23H,10H2,1-3H3,(H,22,24)/t11-,12-/m0/s1. The first-order chi connectivity index (χ1) is 13.3. The third-order valence-corrected chi connectivity index (χ3v) is 3.63. The van der Waals surface area contributed by atoms with Crippen LogP contribution in [0.3, 0.4) is 0 Å². The topological polar surface area (TPSA) is 107 Å². The Bertz CT molecular complexity index is 828. The minimum absolute atomic E-state index is 0.0704. The molecule has 150 valence electrons. The highest BCUT2D eigenvalue weighted by Gasteiger charge is 2.23. The van der Waals surface area contributed by atoms with Crippen molar-refractivity contribution in [2.24, 2.45) is 0 Å². The maximum atomic E-state index is 12.9. The first-order valence-electron chi connectivity index (χ1n) is 8.43. The van der Waals surface area contributed by atoms with Gasteiger partial charge >= 0.3 is 5.97 Å². The molecule has 0 spiro atoms. The van der Waals surface area contributed by atoms with E-state index in [4.69, 9.17) is 14.2 Å². The Morgan fingerprint density at radius 3 is 2.54 bits per heavy atom. The van der Waals surface area contributed by atoms with E-state index in [2.05, 4.69) is 10.3 Å². The average Bonchev–Trinajstić information content (AvgIpc) is 2.67. The molecule has 0 saturated heterocycles. The molecule has 0 bridgehead atoms. The highest BCUT2D eigenvalue weighted by atomic mass is 19.1. The van der Waals surface area contributed by atoms with Gasteiger partial charge in [0, 0.05) is 12.3 Å². The van der Waals surface area contributed by atoms with Crippen LogP contribution in [0, 0.1) is 5.82 Å². The summed E-state index contributed by atoms with van der Waals surface area (Å²) in [7, 11) is 1.34. The van der Waals surface area contributed by atoms with Crippen LogP contribution in [0.4, 0.5) is 4.39 Å². The third-order valence-electron chi connectivity index (χ3n) is 3.63. The number of hydrogen-bond donors (Lipinski definition) is 2. The number of nitrogens with zero attached hydrogens (tertiary/aromatic N) is 1. The molecule has 8 nitrogen and oxygen atoms in total. The van der Waals surface area contributed by atoms with Crippen LogP contribution in [-0.4, -0.2) is 47.8 Å². The molecule has 0 aliphatic carbocycles. The SMILES string of the molecule is COc1ccnc(C(=O)N[C@@H](C)C(=O)OC[C@H](C)Oc2ccc(F)cc2)c1O. The van der Waals surface area contributed by atoms with Gasteiger partial charge in [-0.3, -0.25) is 4.79 Å². The van der Waals surface area contributed by atoms with Crippen LogP contribution >= 0.6 is 0 Å². The summed E-state index contributed by atoms with van der Waals surface area (Å²) in [6.45, 7) is 3.04. The van der Waals surface area contributed by atoms with Crippen molar-refractivity contribution in [3.63, 3.8) is 0 Å². The predicted octanol–water partition coefficient (Wildman–Crippen LogP) is 2.06. The second kappa shape index (κ2) is 9.54. The molecule has 0 aliphatic heterocycles. The van der Waals surface area contributed by atoms with Crippen LogP contribution in [0.5, 0.6) is 17.2 Å². The molecule has 2 rings (SSSR count). The second-order valence-electron chi connectivity index (χ2n) is 5.92. The maximum Gasteiger partial charge on any atom is 0.328 e. The quantitative estimate of drug-likeness (QED) is 0.662. The molecule has 28 heavy (non-hydrogen) atoms. The first-order valence-corrected chi connectivity index (χ1v) is 8.43. The van der Waals surface area contributed by atoms with Crippen LogP contribution < -0.4 is 14.8 Å². The molecule has 1 aromatic carbocycles. The summed E-state index contributed by atoms with van der Waals surface area (Å²) in [5.74, 6) is -1.73. The number of aromatic hydroxyl groups is 1. The van der Waals surface area contributed by atoms with E-state index in [1.807, 2.05) is 0 Å². The molecule has 2 aromatic rings. The molecule has 0 radical (unpaired) electrons. The van der Waals surface area contributed by atoms with Gasteiger partial charge in [-0.15, -0.1) is 0 Å². The monoisotopic (exact) mass is 392 g/mol. The number of methoxy groups -OCH3 is 1. The van der Waals surface area contributed by atoms with Crippen molar-refractivity contribution in [3.8, 4) is 17.2 Å². The van der Waals surface area contributed by atoms with Gasteiger partial charge in [0.05, 0.1) is 7.11 Å². The van der Waals surface area contributed by atoms with Crippen molar-refractivity contribution in [2.45, 2.75) is 26.0 Å². The lowest BCUT2D eigenvalue weighted by Gasteiger charge is -2.17. The number of rotatable bonds is 8. The first kappa shape index (κ1) is 20.9. The number of esters is 1. The van der Waals surface area contributed by atoms with Crippen molar-refractivity contribution in [3.05, 3.63) is 48.0 Å². The van der Waals surface area contributed by atoms with Crippen molar-refractivity contribution >= 4 is 11.9 Å². The van der Waals surface area contributed by atoms with E-state index in [1.165, 1.54) is 50.6 Å². The molecule has 1 heterocycles. The number of ether oxygens (including phenoxy) is 3. The highest BCUT2D eigenvalue weighted by Crippen LogP contribution is 2.27. The molecule has 1 amide bonds. The summed E-state index contributed by atoms with van der Waals surface area (Å²) in [5, 5.41) is 12.3. The number of hydrogen-bond acceptors (Lipinski definition) is 7. The summed E-state index contributed by atoms with van der Waals surface area (Å²) in [6.07, 6.45) is 0.812. The fourth-order valence-corrected chi connectivity index (χ4v) is 2.20. The zero-order valence-corrected chi connectivity index (χ0v) is 15.6. The number of carbonyl (C=O) groups excluding carboxylic acids is 2. The summed E-state index contributed by atoms with van der Waals surface area (Å²) < 4.78 is 28.4. The van der Waals surface area contributed by atoms with Crippen LogP contribution in [0.25, 0.3) is 0 Å². The van der Waals surface area contributed by atoms with Gasteiger partial charge in [-0.2, -0.15) is 0 Å². The average molecular weight is 392 g/mol. The van der Waals surface area contributed by atoms with E-state index in [0.717, 1.165) is 0 Å². The van der Waals surface area contributed by atoms with Gasteiger partial charge in [0.15, 0.2) is 17.2 Å². The van der Waals surface area contributed by atoms with Gasteiger partial charge in [0.1, 0.15) is 30.3 Å². The predicted molar refractivity (Wildman–Crippen MR) is 96.8 cm³/mol. The van der Waals surface area contributed by atoms with Gasteiger partial charge in [-0.1, -0.05) is 0 Å². The number of carbonyl (C=O) groups is 2. The summed E-state index contributed by atoms with van der Waals surface area (Å²) in [5.41, 5.74) is -0.271. The minimum atomic E-state index is -0.988. The lowest BCUT2D eigenvalue weighted by Crippen LogP contribution is -2.40. The van der Waals surface area contributed by atoms with E-state index in [-0.39, 0.29) is 23.9 Å². The Labute approximate surface area is 161 Å². The summed E-state index contributed by atoms with van der Waals surface area (Å²) >= 11 is 0. The van der Waals surface area contributed by atoms with Crippen molar-refractivity contribution in [1.82, 2.24) is 10.3 Å². The second-order valence-corrected chi connectivity index (χ2v) is 5.92. The number of pyridine rings is 1. The van der Waals surface area contributed by atoms with E-state index in [1.54, 1.807) is 6.92 Å². The molecule has 2 atom stereocenters. The minimum Gasteiger partial charge on any atom is -0.503 e. The summed E-state index contributed by atoms with van der Waals surface area (Å²) in [6, 6.07) is 5.85. The number of halogens is 1. The van der Waals surface area contributed by atoms with Crippen molar-refractivity contribution in [1.29, 1.82) is 0 Å². The molecule has 0 unspecified atom stereocenters. The smallest absolute Gasteiger partial charge is 0.328 e. The van der Waals surface area contributed by atoms with Crippen LogP contribution in [-0.2, 0) is 9.53 Å². The normalized spacial score (nSPS) is 12.6. The van der Waals surface area contributed by atoms with E-state index < -0.39 is 29.8 Å². The van der Waals surface area contributed by atoms with Crippen LogP contribution in [0.15, 0.2) is 36.5 Å². The zero-order chi connectivity index (χ0) is 20.7. The molecular weight excluding hydrogens is 371 g/mol. The fraction of sp³-hybridized carbons (Fsp3) is 0.316. The fourth-order valence-electron chi connectivity index (χ4n) is 2.20. The van der Waals surface area contributed by atoms with Gasteiger partial charge in [-0.25, -0.2) is 14.2 Å². The highest BCUT2D eigenvalue weighted by molar-refractivity contribution is 5.97. The Morgan fingerprint density at radius 2 is 1.89 bits per heavy atom. The largest absolute Gasteiger partial charge is 0.503 e. The van der Waals surface area contributed by atoms with Gasteiger partial charge in [0.2, 0.25) is 0 Å². The molecule has 0 aliphatic rings. The zero-order valence-electron chi connectivity index (χ0n) is 15.6. The van der Waals surface area contributed by atoms with Crippen molar-refractivity contribution < 1.29 is 33.3 Å². The lowest BCUT2D eigenvalue weighted by molar-refractivity contribution is -0.147. The lowest BCUT2D eigenvalue weighted by atomic mass is 10.2. The molecule has 2 N–H and O–H groups in total. The van der Waals surface area contributed by atoms with E-state index in [0.29, 0.717) is 5.75 Å². The number of amides is 1. The van der Waals surface area contributed by atoms with E-state index in [9.17, 15) is 19.1 Å². The molecule has 0 fully saturated rings. The number of nitrogens with one attached hydrogen (secondary N) is 1. The molecule has 0 saturated carbocycles. The van der Waals surface area contributed by atoms with Crippen LogP contribution in [0.2, 0.25) is 0 Å². The molecular formula is C19H21FN2O6. The Morgan fingerprint density at radius 1 is 1.21 bits per heavy atom. The van der Waals surface area contributed by atoms with E-state index >= 15 is 0 Å². The van der Waals surface area contributed by atoms with Gasteiger partial charge in [-0.05, 0) is 38.1 Å². The Kier molecular flexibility index (Phi) is 7.14. The third kappa shape index (κ3) is 5.57. The summed E-state index contributed by atoms with van der Waals surface area (Å²) in [4.78, 5) is 28.1. The maximum absolute atomic E-state index is 12.9. The Balaban J connectivity index is 1.85. The Hall–Kier alpha value is -3.36. The number of aromatic nitrogens is 1. The van der Waals surface area contributed by atoms with Crippen LogP contribution in [0.1, 0.15) is 24.3 Å². The van der Waals surface area contributed by atoms with Gasteiger partial charge < -0.3 is 24.6 Å². The van der Waals surface area contributed by atoms with Gasteiger partial charge in [0.25, 0.3) is 5.91 Å².